The third-order valence-electron chi connectivity index (χ3n) is 11.9. The van der Waals surface area contributed by atoms with E-state index in [1.165, 1.54) is 42.5 Å². The molecule has 0 N–H and O–H groups in total. The molecule has 0 fully saturated rings. The zero-order chi connectivity index (χ0) is 62.8. The lowest BCUT2D eigenvalue weighted by molar-refractivity contribution is -0.144. The molecule has 7 aromatic carbocycles. The van der Waals surface area contributed by atoms with Crippen LogP contribution in [0.4, 0.5) is 135 Å². The molecule has 0 aliphatic carbocycles. The highest BCUT2D eigenvalue weighted by molar-refractivity contribution is 5.81. The van der Waals surface area contributed by atoms with Gasteiger partial charge in [0.2, 0.25) is 0 Å². The van der Waals surface area contributed by atoms with E-state index in [1.807, 2.05) is 27.7 Å². The molecule has 450 valence electrons. The molecular weight excluding hydrogens is 1160 g/mol. The number of unbranched alkanes of at least 4 members (excludes halogenated alkanes) is 1. The van der Waals surface area contributed by atoms with E-state index in [2.05, 4.69) is 0 Å². The molecule has 0 heterocycles. The summed E-state index contributed by atoms with van der Waals surface area (Å²) in [5, 5.41) is 0. The molecule has 0 spiro atoms. The lowest BCUT2D eigenvalue weighted by atomic mass is 9.99. The van der Waals surface area contributed by atoms with Crippen molar-refractivity contribution in [2.24, 2.45) is 0 Å². The first-order valence-electron chi connectivity index (χ1n) is 24.6. The van der Waals surface area contributed by atoms with Crippen LogP contribution in [0.5, 0.6) is 0 Å². The standard InChI is InChI=1S/C54H35F21N2.2C2H6.F2/c1-2-3-4-32-18-35(48(55,56)57)23-44(19-32)76(45-24-36(49(58,59)60)20-37(25-45)50(61,62)63)43-15-11-34(12-16-43)33-9-5-30(6-10-33)17-31-7-13-42(14-8-31)77(46-26-38(51(64,65)66)21-39(27-46)52(67,68)69)47-28-40(53(70,71)72)22-41(29-47)54(73,74)75;3*1-2/h5-16,18-29H,2-4,17H2,1H3;2*1-2H3;. The molecule has 0 aliphatic heterocycles. The van der Waals surface area contributed by atoms with Gasteiger partial charge in [-0.3, -0.25) is 0 Å². The fourth-order valence-electron chi connectivity index (χ4n) is 8.21. The minimum atomic E-state index is -5.46. The first-order chi connectivity index (χ1) is 38.5. The Bertz CT molecular complexity index is 3030. The Morgan fingerprint density at radius 1 is 0.277 bits per heavy atom. The van der Waals surface area contributed by atoms with Crippen molar-refractivity contribution in [2.75, 3.05) is 9.80 Å². The molecule has 2 nitrogen and oxygen atoms in total. The maximum absolute atomic E-state index is 14.3. The van der Waals surface area contributed by atoms with Crippen molar-refractivity contribution >= 4 is 34.1 Å². The Morgan fingerprint density at radius 2 is 0.506 bits per heavy atom. The number of halogens is 23. The van der Waals surface area contributed by atoms with Crippen molar-refractivity contribution in [2.45, 2.75) is 104 Å². The maximum atomic E-state index is 14.3. The van der Waals surface area contributed by atoms with E-state index < -0.39 is 111 Å². The van der Waals surface area contributed by atoms with E-state index in [-0.39, 0.29) is 66.6 Å². The van der Waals surface area contributed by atoms with E-state index >= 15 is 0 Å². The number of hydrogen-bond acceptors (Lipinski definition) is 2. The summed E-state index contributed by atoms with van der Waals surface area (Å²) in [6.07, 6.45) is -36.4. The van der Waals surface area contributed by atoms with Gasteiger partial charge in [-0.15, -0.1) is 0 Å². The monoisotopic (exact) mass is 1210 g/mol. The molecule has 0 aliphatic rings. The molecule has 0 unspecified atom stereocenters. The molecule has 0 atom stereocenters. The van der Waals surface area contributed by atoms with Crippen LogP contribution in [0, 0.1) is 0 Å². The van der Waals surface area contributed by atoms with Gasteiger partial charge in [-0.05, 0) is 144 Å². The van der Waals surface area contributed by atoms with E-state index in [0.29, 0.717) is 58.2 Å². The lowest BCUT2D eigenvalue weighted by Gasteiger charge is -2.29. The first-order valence-corrected chi connectivity index (χ1v) is 24.6. The van der Waals surface area contributed by atoms with E-state index in [9.17, 15) is 92.2 Å². The highest BCUT2D eigenvalue weighted by atomic mass is 20.0. The summed E-state index contributed by atoms with van der Waals surface area (Å²) in [4.78, 5) is 1.22. The molecule has 7 rings (SSSR count). The summed E-state index contributed by atoms with van der Waals surface area (Å²) in [5.74, 6) is 0. The number of rotatable bonds is 12. The van der Waals surface area contributed by atoms with E-state index in [1.54, 1.807) is 31.2 Å². The number of anilines is 6. The van der Waals surface area contributed by atoms with Gasteiger partial charge in [-0.1, -0.05) is 89.6 Å². The van der Waals surface area contributed by atoms with Gasteiger partial charge >= 0.3 is 43.2 Å². The summed E-state index contributed by atoms with van der Waals surface area (Å²) >= 11 is 0. The minimum Gasteiger partial charge on any atom is -0.310 e. The Morgan fingerprint density at radius 3 is 0.771 bits per heavy atom. The second-order valence-corrected chi connectivity index (χ2v) is 17.5. The fourth-order valence-corrected chi connectivity index (χ4v) is 8.21. The molecule has 7 aromatic rings. The van der Waals surface area contributed by atoms with Gasteiger partial charge in [0.1, 0.15) is 0 Å². The third-order valence-corrected chi connectivity index (χ3v) is 11.9. The summed E-state index contributed by atoms with van der Waals surface area (Å²) in [6, 6.07) is 19.5. The van der Waals surface area contributed by atoms with Crippen LogP contribution >= 0.6 is 0 Å². The Balaban J connectivity index is 0.00000239. The van der Waals surface area contributed by atoms with Crippen LogP contribution < -0.4 is 9.80 Å². The SMILES string of the molecule is CC.CC.CCCCc1cc(N(c2ccc(-c3ccc(Cc4ccc(N(c5cc(C(F)(F)F)cc(C(F)(F)F)c5)c5cc(C(F)(F)F)cc(C(F)(F)F)c5)cc4)cc3)cc2)c2cc(C(F)(F)F)cc(C(F)(F)F)c2)cc(C(F)(F)F)c1.FF. The van der Waals surface area contributed by atoms with Gasteiger partial charge in [0.15, 0.2) is 0 Å². The van der Waals surface area contributed by atoms with Crippen molar-refractivity contribution in [1.82, 2.24) is 0 Å². The van der Waals surface area contributed by atoms with Crippen LogP contribution in [0.1, 0.15) is 103 Å². The fraction of sp³-hybridized carbons (Fsp3) is 0.276. The molecule has 0 radical (unpaired) electrons. The number of aryl methyl sites for hydroxylation is 1. The smallest absolute Gasteiger partial charge is 0.310 e. The van der Waals surface area contributed by atoms with E-state index in [4.69, 9.17) is 9.15 Å². The summed E-state index contributed by atoms with van der Waals surface area (Å²) < 4.78 is 311. The molecule has 0 saturated carbocycles. The van der Waals surface area contributed by atoms with Gasteiger partial charge in [0.25, 0.3) is 0 Å². The molecule has 0 amide bonds. The molecule has 25 heteroatoms. The first kappa shape index (κ1) is 68.0. The maximum Gasteiger partial charge on any atom is 0.416 e. The third kappa shape index (κ3) is 17.8. The van der Waals surface area contributed by atoms with Crippen molar-refractivity contribution in [3.63, 3.8) is 0 Å². The summed E-state index contributed by atoms with van der Waals surface area (Å²) in [5.41, 5.74) is -14.4. The predicted molar refractivity (Wildman–Crippen MR) is 269 cm³/mol. The van der Waals surface area contributed by atoms with Crippen LogP contribution in [0.3, 0.4) is 0 Å². The number of benzene rings is 7. The molecule has 0 bridgehead atoms. The highest BCUT2D eigenvalue weighted by Gasteiger charge is 2.42. The van der Waals surface area contributed by atoms with Crippen LogP contribution in [-0.4, -0.2) is 0 Å². The van der Waals surface area contributed by atoms with Crippen molar-refractivity contribution < 1.29 is 101 Å². The van der Waals surface area contributed by atoms with Crippen molar-refractivity contribution in [3.05, 3.63) is 201 Å². The summed E-state index contributed by atoms with van der Waals surface area (Å²) in [7, 11) is 0. The van der Waals surface area contributed by atoms with Crippen LogP contribution in [-0.2, 0) is 56.1 Å². The predicted octanol–water partition coefficient (Wildman–Crippen LogP) is 23.3. The zero-order valence-corrected chi connectivity index (χ0v) is 43.8. The van der Waals surface area contributed by atoms with Crippen LogP contribution in [0.25, 0.3) is 11.1 Å². The molecular formula is C58H47F23N2. The largest absolute Gasteiger partial charge is 0.416 e. The Labute approximate surface area is 460 Å². The van der Waals surface area contributed by atoms with Gasteiger partial charge in [-0.25, -0.2) is 0 Å². The Hall–Kier alpha value is -7.47. The summed E-state index contributed by atoms with van der Waals surface area (Å²) in [6.45, 7) is 9.76. The van der Waals surface area contributed by atoms with E-state index in [0.717, 1.165) is 23.1 Å². The highest BCUT2D eigenvalue weighted by Crippen LogP contribution is 2.48. The van der Waals surface area contributed by atoms with Crippen LogP contribution in [0.2, 0.25) is 0 Å². The minimum absolute atomic E-state index is 0.0200. The quantitative estimate of drug-likeness (QED) is 0.113. The zero-order valence-electron chi connectivity index (χ0n) is 43.8. The molecule has 83 heavy (non-hydrogen) atoms. The number of hydrogen-bond donors (Lipinski definition) is 0. The van der Waals surface area contributed by atoms with Crippen LogP contribution in [0.15, 0.2) is 146 Å². The van der Waals surface area contributed by atoms with Gasteiger partial charge in [0.05, 0.1) is 38.9 Å². The second-order valence-electron chi connectivity index (χ2n) is 17.5. The second kappa shape index (κ2) is 26.8. The number of alkyl halides is 21. The number of nitrogens with zero attached hydrogens (tertiary/aromatic N) is 2. The normalized spacial score (nSPS) is 12.3. The molecule has 0 saturated heterocycles. The topological polar surface area (TPSA) is 6.48 Å². The lowest BCUT2D eigenvalue weighted by Crippen LogP contribution is -2.18. The van der Waals surface area contributed by atoms with Crippen molar-refractivity contribution in [3.8, 4) is 11.1 Å². The average molecular weight is 1210 g/mol. The van der Waals surface area contributed by atoms with Gasteiger partial charge < -0.3 is 9.80 Å². The van der Waals surface area contributed by atoms with Crippen molar-refractivity contribution in [1.29, 1.82) is 0 Å². The molecule has 0 aromatic heterocycles. The average Bonchev–Trinajstić information content (AvgIpc) is 3.45. The van der Waals surface area contributed by atoms with Gasteiger partial charge in [0, 0.05) is 43.3 Å². The van der Waals surface area contributed by atoms with Gasteiger partial charge in [-0.2, -0.15) is 92.2 Å². The Kier molecular flexibility index (Phi) is 22.0.